The van der Waals surface area contributed by atoms with Gasteiger partial charge in [0.25, 0.3) is 17.5 Å². The molecule has 4 aromatic rings. The van der Waals surface area contributed by atoms with Gasteiger partial charge in [0.1, 0.15) is 0 Å². The molecular weight excluding hydrogens is 596 g/mol. The molecular formula is C33H26N4O9. The van der Waals surface area contributed by atoms with E-state index < -0.39 is 16.8 Å². The van der Waals surface area contributed by atoms with Gasteiger partial charge < -0.3 is 24.3 Å². The third-order valence-corrected chi connectivity index (χ3v) is 6.39. The van der Waals surface area contributed by atoms with E-state index in [-0.39, 0.29) is 35.4 Å². The number of anilines is 1. The minimum absolute atomic E-state index is 0.0571. The van der Waals surface area contributed by atoms with Crippen molar-refractivity contribution >= 4 is 41.4 Å². The lowest BCUT2D eigenvalue weighted by atomic mass is 10.1. The Labute approximate surface area is 262 Å². The van der Waals surface area contributed by atoms with Crippen LogP contribution in [0, 0.1) is 10.1 Å². The molecule has 0 bridgehead atoms. The number of hydrogen-bond donors (Lipinski definition) is 2. The molecule has 0 fully saturated rings. The molecule has 0 radical (unpaired) electrons. The number of hydrogen-bond acceptors (Lipinski definition) is 10. The molecule has 1 aliphatic rings. The summed E-state index contributed by atoms with van der Waals surface area (Å²) < 4.78 is 21.6. The summed E-state index contributed by atoms with van der Waals surface area (Å²) in [6.07, 6.45) is 4.06. The van der Waals surface area contributed by atoms with Crippen LogP contribution in [0.15, 0.2) is 96.1 Å². The Kier molecular flexibility index (Phi) is 9.63. The van der Waals surface area contributed by atoms with E-state index in [9.17, 15) is 24.5 Å². The summed E-state index contributed by atoms with van der Waals surface area (Å²) in [7, 11) is 0. The molecule has 0 aromatic heterocycles. The van der Waals surface area contributed by atoms with E-state index in [1.165, 1.54) is 54.8 Å². The van der Waals surface area contributed by atoms with Crippen LogP contribution in [0.5, 0.6) is 23.0 Å². The first-order chi connectivity index (χ1) is 22.3. The molecule has 46 heavy (non-hydrogen) atoms. The third kappa shape index (κ3) is 7.90. The van der Waals surface area contributed by atoms with Crippen LogP contribution in [0.4, 0.5) is 11.4 Å². The highest BCUT2D eigenvalue weighted by molar-refractivity contribution is 6.05. The summed E-state index contributed by atoms with van der Waals surface area (Å²) in [6.45, 7) is 2.16. The number of nitro groups is 1. The fourth-order valence-corrected chi connectivity index (χ4v) is 4.18. The molecule has 2 amide bonds. The minimum Gasteiger partial charge on any atom is -0.490 e. The van der Waals surface area contributed by atoms with Crippen molar-refractivity contribution in [1.29, 1.82) is 0 Å². The number of fused-ring (bicyclic) bond motifs is 1. The van der Waals surface area contributed by atoms with Gasteiger partial charge in [-0.15, -0.1) is 0 Å². The smallest absolute Gasteiger partial charge is 0.336 e. The molecule has 0 spiro atoms. The van der Waals surface area contributed by atoms with Gasteiger partial charge in [-0.2, -0.15) is 5.10 Å². The highest BCUT2D eigenvalue weighted by atomic mass is 16.7. The lowest BCUT2D eigenvalue weighted by Crippen LogP contribution is -2.18. The predicted molar refractivity (Wildman–Crippen MR) is 167 cm³/mol. The number of nitro benzene ring substituents is 1. The Morgan fingerprint density at radius 2 is 1.65 bits per heavy atom. The number of carbonyl (C=O) groups is 3. The molecule has 0 saturated heterocycles. The summed E-state index contributed by atoms with van der Waals surface area (Å²) >= 11 is 0. The molecule has 4 aromatic carbocycles. The first-order valence-electron chi connectivity index (χ1n) is 13.8. The number of hydrazone groups is 1. The van der Waals surface area contributed by atoms with Crippen molar-refractivity contribution in [3.8, 4) is 23.0 Å². The van der Waals surface area contributed by atoms with Crippen molar-refractivity contribution in [2.45, 2.75) is 6.92 Å². The summed E-state index contributed by atoms with van der Waals surface area (Å²) in [5.41, 5.74) is 4.56. The zero-order valence-electron chi connectivity index (χ0n) is 24.3. The van der Waals surface area contributed by atoms with Crippen molar-refractivity contribution in [2.24, 2.45) is 5.10 Å². The Hall–Kier alpha value is -6.50. The Morgan fingerprint density at radius 1 is 0.891 bits per heavy atom. The van der Waals surface area contributed by atoms with E-state index >= 15 is 0 Å². The van der Waals surface area contributed by atoms with E-state index in [4.69, 9.17) is 18.9 Å². The monoisotopic (exact) mass is 622 g/mol. The van der Waals surface area contributed by atoms with Gasteiger partial charge in [-0.1, -0.05) is 6.07 Å². The number of nitrogens with one attached hydrogen (secondary N) is 2. The van der Waals surface area contributed by atoms with E-state index in [2.05, 4.69) is 15.8 Å². The van der Waals surface area contributed by atoms with Crippen LogP contribution in [0.25, 0.3) is 6.08 Å². The fraction of sp³-hybridized carbons (Fsp3) is 0.0909. The molecule has 232 valence electrons. The lowest BCUT2D eigenvalue weighted by Gasteiger charge is -2.10. The van der Waals surface area contributed by atoms with Crippen molar-refractivity contribution in [1.82, 2.24) is 5.43 Å². The van der Waals surface area contributed by atoms with Gasteiger partial charge in [-0.3, -0.25) is 19.7 Å². The summed E-state index contributed by atoms with van der Waals surface area (Å²) in [5.74, 6) is -0.0735. The maximum atomic E-state index is 12.7. The van der Waals surface area contributed by atoms with E-state index in [1.807, 2.05) is 0 Å². The van der Waals surface area contributed by atoms with Crippen LogP contribution in [0.1, 0.15) is 38.8 Å². The zero-order chi connectivity index (χ0) is 32.5. The van der Waals surface area contributed by atoms with Gasteiger partial charge in [0.15, 0.2) is 23.0 Å². The topological polar surface area (TPSA) is 168 Å². The molecule has 13 nitrogen and oxygen atoms in total. The standard InChI is InChI=1S/C33H26N4O9/c1-2-43-29-16-22(8-13-28(29)46-31(38)15-9-21-6-11-26(12-7-21)37(41)42)19-34-36-33(40)23-4-3-5-25(17-23)35-32(39)24-10-14-27-30(18-24)45-20-44-27/h3-19H,2,20H2,1H3,(H,35,39)(H,36,40)/b15-9+,34-19?. The van der Waals surface area contributed by atoms with Crippen molar-refractivity contribution in [2.75, 3.05) is 18.7 Å². The van der Waals surface area contributed by atoms with Gasteiger partial charge in [0.2, 0.25) is 6.79 Å². The fourth-order valence-electron chi connectivity index (χ4n) is 4.18. The van der Waals surface area contributed by atoms with Crippen LogP contribution in [-0.4, -0.2) is 42.3 Å². The lowest BCUT2D eigenvalue weighted by molar-refractivity contribution is -0.384. The van der Waals surface area contributed by atoms with Crippen LogP contribution >= 0.6 is 0 Å². The Bertz CT molecular complexity index is 1850. The summed E-state index contributed by atoms with van der Waals surface area (Å²) in [5, 5.41) is 17.6. The molecule has 5 rings (SSSR count). The first-order valence-corrected chi connectivity index (χ1v) is 13.8. The van der Waals surface area contributed by atoms with Gasteiger partial charge >= 0.3 is 5.97 Å². The molecule has 0 atom stereocenters. The number of rotatable bonds is 11. The van der Waals surface area contributed by atoms with Gasteiger partial charge in [0, 0.05) is 35.0 Å². The van der Waals surface area contributed by atoms with Crippen molar-refractivity contribution in [3.05, 3.63) is 123 Å². The normalized spacial score (nSPS) is 11.8. The van der Waals surface area contributed by atoms with Crippen LogP contribution in [-0.2, 0) is 4.79 Å². The number of benzene rings is 4. The quantitative estimate of drug-likeness (QED) is 0.0559. The molecule has 0 saturated carbocycles. The number of esters is 1. The minimum atomic E-state index is -0.678. The number of nitrogens with zero attached hydrogens (tertiary/aromatic N) is 2. The van der Waals surface area contributed by atoms with Gasteiger partial charge in [0.05, 0.1) is 17.7 Å². The van der Waals surface area contributed by atoms with E-state index in [1.54, 1.807) is 55.5 Å². The van der Waals surface area contributed by atoms with Crippen molar-refractivity contribution in [3.63, 3.8) is 0 Å². The van der Waals surface area contributed by atoms with E-state index in [0.717, 1.165) is 0 Å². The molecule has 0 aliphatic carbocycles. The highest BCUT2D eigenvalue weighted by Gasteiger charge is 2.17. The van der Waals surface area contributed by atoms with E-state index in [0.29, 0.717) is 40.5 Å². The number of ether oxygens (including phenoxy) is 4. The van der Waals surface area contributed by atoms with Crippen molar-refractivity contribution < 1.29 is 38.3 Å². The second-order valence-corrected chi connectivity index (χ2v) is 9.54. The average Bonchev–Trinajstić information content (AvgIpc) is 3.53. The molecule has 1 heterocycles. The number of carbonyl (C=O) groups excluding carboxylic acids is 3. The number of amides is 2. The molecule has 1 aliphatic heterocycles. The maximum absolute atomic E-state index is 12.7. The molecule has 2 N–H and O–H groups in total. The second kappa shape index (κ2) is 14.3. The first kappa shape index (κ1) is 30.9. The Morgan fingerprint density at radius 3 is 2.43 bits per heavy atom. The molecule has 13 heteroatoms. The second-order valence-electron chi connectivity index (χ2n) is 9.54. The zero-order valence-corrected chi connectivity index (χ0v) is 24.3. The van der Waals surface area contributed by atoms with Crippen LogP contribution < -0.4 is 29.7 Å². The largest absolute Gasteiger partial charge is 0.490 e. The molecule has 0 unspecified atom stereocenters. The average molecular weight is 623 g/mol. The predicted octanol–water partition coefficient (Wildman–Crippen LogP) is 5.36. The SMILES string of the molecule is CCOc1cc(C=NNC(=O)c2cccc(NC(=O)c3ccc4c(c3)OCO4)c2)ccc1OC(=O)/C=C/c1ccc([N+](=O)[O-])cc1. The Balaban J connectivity index is 1.18. The summed E-state index contributed by atoms with van der Waals surface area (Å²) in [4.78, 5) is 48.1. The highest BCUT2D eigenvalue weighted by Crippen LogP contribution is 2.33. The van der Waals surface area contributed by atoms with Crippen LogP contribution in [0.2, 0.25) is 0 Å². The summed E-state index contributed by atoms with van der Waals surface area (Å²) in [6, 6.07) is 21.7. The van der Waals surface area contributed by atoms with Gasteiger partial charge in [-0.05, 0) is 90.9 Å². The maximum Gasteiger partial charge on any atom is 0.336 e. The number of non-ortho nitro benzene ring substituents is 1. The van der Waals surface area contributed by atoms with Gasteiger partial charge in [-0.25, -0.2) is 10.2 Å². The third-order valence-electron chi connectivity index (χ3n) is 6.39. The van der Waals surface area contributed by atoms with Crippen LogP contribution in [0.3, 0.4) is 0 Å².